The normalized spacial score (nSPS) is 10.4. The fraction of sp³-hybridized carbons (Fsp3) is 0.588. The SMILES string of the molecule is COCCCCCCCCOC(=O)Cc1ccccc1. The van der Waals surface area contributed by atoms with Crippen LogP contribution < -0.4 is 0 Å². The van der Waals surface area contributed by atoms with E-state index in [0.29, 0.717) is 13.0 Å². The first-order chi connectivity index (χ1) is 9.83. The Balaban J connectivity index is 1.92. The van der Waals surface area contributed by atoms with E-state index in [9.17, 15) is 4.79 Å². The lowest BCUT2D eigenvalue weighted by Crippen LogP contribution is -2.08. The van der Waals surface area contributed by atoms with Crippen LogP contribution in [0.3, 0.4) is 0 Å². The van der Waals surface area contributed by atoms with Gasteiger partial charge in [-0.1, -0.05) is 56.0 Å². The van der Waals surface area contributed by atoms with Crippen molar-refractivity contribution >= 4 is 5.97 Å². The number of hydrogen-bond acceptors (Lipinski definition) is 3. The average Bonchev–Trinajstić information content (AvgIpc) is 2.46. The molecule has 3 heteroatoms. The van der Waals surface area contributed by atoms with Gasteiger partial charge < -0.3 is 9.47 Å². The Morgan fingerprint density at radius 1 is 0.900 bits per heavy atom. The van der Waals surface area contributed by atoms with Gasteiger partial charge in [0.15, 0.2) is 0 Å². The van der Waals surface area contributed by atoms with Crippen molar-refractivity contribution in [2.45, 2.75) is 44.9 Å². The van der Waals surface area contributed by atoms with Crippen molar-refractivity contribution < 1.29 is 14.3 Å². The van der Waals surface area contributed by atoms with Gasteiger partial charge in [-0.2, -0.15) is 0 Å². The van der Waals surface area contributed by atoms with Crippen LogP contribution >= 0.6 is 0 Å². The van der Waals surface area contributed by atoms with Crippen molar-refractivity contribution in [3.8, 4) is 0 Å². The third-order valence-corrected chi connectivity index (χ3v) is 3.20. The highest BCUT2D eigenvalue weighted by atomic mass is 16.5. The van der Waals surface area contributed by atoms with Gasteiger partial charge in [-0.25, -0.2) is 0 Å². The van der Waals surface area contributed by atoms with Crippen LogP contribution in [0.15, 0.2) is 30.3 Å². The molecule has 0 bridgehead atoms. The van der Waals surface area contributed by atoms with Crippen LogP contribution in [-0.2, 0) is 20.7 Å². The monoisotopic (exact) mass is 278 g/mol. The molecule has 0 aromatic heterocycles. The zero-order valence-corrected chi connectivity index (χ0v) is 12.5. The van der Waals surface area contributed by atoms with E-state index in [1.807, 2.05) is 30.3 Å². The Morgan fingerprint density at radius 3 is 2.15 bits per heavy atom. The van der Waals surface area contributed by atoms with Crippen LogP contribution in [0.5, 0.6) is 0 Å². The number of rotatable bonds is 11. The molecule has 0 spiro atoms. The predicted octanol–water partition coefficient (Wildman–Crippen LogP) is 3.76. The summed E-state index contributed by atoms with van der Waals surface area (Å²) in [5, 5.41) is 0. The van der Waals surface area contributed by atoms with Gasteiger partial charge in [0.25, 0.3) is 0 Å². The zero-order valence-electron chi connectivity index (χ0n) is 12.5. The number of carbonyl (C=O) groups excluding carboxylic acids is 1. The smallest absolute Gasteiger partial charge is 0.310 e. The molecule has 0 aliphatic rings. The fourth-order valence-corrected chi connectivity index (χ4v) is 2.06. The first kappa shape index (κ1) is 16.7. The summed E-state index contributed by atoms with van der Waals surface area (Å²) in [7, 11) is 1.74. The molecule has 0 atom stereocenters. The zero-order chi connectivity index (χ0) is 14.5. The molecule has 0 fully saturated rings. The quantitative estimate of drug-likeness (QED) is 0.457. The summed E-state index contributed by atoms with van der Waals surface area (Å²) in [4.78, 5) is 11.6. The average molecular weight is 278 g/mol. The number of unbranched alkanes of at least 4 members (excludes halogenated alkanes) is 5. The van der Waals surface area contributed by atoms with Crippen molar-refractivity contribution in [1.29, 1.82) is 0 Å². The van der Waals surface area contributed by atoms with Crippen molar-refractivity contribution in [1.82, 2.24) is 0 Å². The molecule has 1 rings (SSSR count). The molecular formula is C17H26O3. The number of esters is 1. The van der Waals surface area contributed by atoms with Crippen LogP contribution in [0.1, 0.15) is 44.1 Å². The maximum atomic E-state index is 11.6. The minimum atomic E-state index is -0.128. The van der Waals surface area contributed by atoms with E-state index >= 15 is 0 Å². The van der Waals surface area contributed by atoms with Crippen LogP contribution in [0.25, 0.3) is 0 Å². The van der Waals surface area contributed by atoms with E-state index in [-0.39, 0.29) is 5.97 Å². The van der Waals surface area contributed by atoms with E-state index < -0.39 is 0 Å². The Morgan fingerprint density at radius 2 is 1.50 bits per heavy atom. The standard InChI is InChI=1S/C17H26O3/c1-19-13-9-4-2-3-5-10-14-20-17(18)15-16-11-7-6-8-12-16/h6-8,11-12H,2-5,9-10,13-15H2,1H3. The Bertz CT molecular complexity index is 349. The summed E-state index contributed by atoms with van der Waals surface area (Å²) in [6.45, 7) is 1.40. The minimum absolute atomic E-state index is 0.128. The summed E-state index contributed by atoms with van der Waals surface area (Å²) in [5.74, 6) is -0.128. The van der Waals surface area contributed by atoms with Gasteiger partial charge in [-0.05, 0) is 18.4 Å². The van der Waals surface area contributed by atoms with Crippen molar-refractivity contribution in [2.75, 3.05) is 20.3 Å². The van der Waals surface area contributed by atoms with Gasteiger partial charge >= 0.3 is 5.97 Å². The van der Waals surface area contributed by atoms with Crippen molar-refractivity contribution in [3.05, 3.63) is 35.9 Å². The summed E-state index contributed by atoms with van der Waals surface area (Å²) in [6, 6.07) is 9.71. The van der Waals surface area contributed by atoms with Gasteiger partial charge in [0.1, 0.15) is 0 Å². The van der Waals surface area contributed by atoms with Crippen LogP contribution in [-0.4, -0.2) is 26.3 Å². The third kappa shape index (κ3) is 8.70. The number of benzene rings is 1. The molecule has 0 saturated carbocycles. The van der Waals surface area contributed by atoms with Crippen LogP contribution in [0, 0.1) is 0 Å². The highest BCUT2D eigenvalue weighted by Gasteiger charge is 2.03. The molecular weight excluding hydrogens is 252 g/mol. The first-order valence-corrected chi connectivity index (χ1v) is 7.51. The molecule has 20 heavy (non-hydrogen) atoms. The maximum Gasteiger partial charge on any atom is 0.310 e. The molecule has 112 valence electrons. The van der Waals surface area contributed by atoms with Gasteiger partial charge in [0.2, 0.25) is 0 Å². The molecule has 0 amide bonds. The molecule has 0 N–H and O–H groups in total. The molecule has 1 aromatic rings. The Kier molecular flexibility index (Phi) is 9.58. The van der Waals surface area contributed by atoms with Gasteiger partial charge in [-0.3, -0.25) is 4.79 Å². The van der Waals surface area contributed by atoms with Crippen molar-refractivity contribution in [2.24, 2.45) is 0 Å². The second-order valence-electron chi connectivity index (χ2n) is 5.00. The third-order valence-electron chi connectivity index (χ3n) is 3.20. The fourth-order valence-electron chi connectivity index (χ4n) is 2.06. The van der Waals surface area contributed by atoms with E-state index in [1.54, 1.807) is 7.11 Å². The summed E-state index contributed by atoms with van der Waals surface area (Å²) in [6.07, 6.45) is 7.28. The lowest BCUT2D eigenvalue weighted by molar-refractivity contribution is -0.142. The second-order valence-corrected chi connectivity index (χ2v) is 5.00. The molecule has 0 unspecified atom stereocenters. The summed E-state index contributed by atoms with van der Waals surface area (Å²) < 4.78 is 10.2. The maximum absolute atomic E-state index is 11.6. The lowest BCUT2D eigenvalue weighted by Gasteiger charge is -2.05. The van der Waals surface area contributed by atoms with E-state index in [4.69, 9.17) is 9.47 Å². The lowest BCUT2D eigenvalue weighted by atomic mass is 10.1. The first-order valence-electron chi connectivity index (χ1n) is 7.51. The molecule has 0 heterocycles. The molecule has 0 radical (unpaired) electrons. The largest absolute Gasteiger partial charge is 0.465 e. The van der Waals surface area contributed by atoms with Gasteiger partial charge in [0.05, 0.1) is 13.0 Å². The molecule has 0 saturated heterocycles. The van der Waals surface area contributed by atoms with E-state index in [0.717, 1.165) is 31.4 Å². The van der Waals surface area contributed by atoms with Crippen molar-refractivity contribution in [3.63, 3.8) is 0 Å². The van der Waals surface area contributed by atoms with Gasteiger partial charge in [-0.15, -0.1) is 0 Å². The molecule has 0 aliphatic heterocycles. The second kappa shape index (κ2) is 11.5. The number of ether oxygens (including phenoxy) is 2. The van der Waals surface area contributed by atoms with E-state index in [1.165, 1.54) is 19.3 Å². The highest BCUT2D eigenvalue weighted by Crippen LogP contribution is 2.06. The Hall–Kier alpha value is -1.35. The highest BCUT2D eigenvalue weighted by molar-refractivity contribution is 5.72. The summed E-state index contributed by atoms with van der Waals surface area (Å²) >= 11 is 0. The molecule has 3 nitrogen and oxygen atoms in total. The summed E-state index contributed by atoms with van der Waals surface area (Å²) in [5.41, 5.74) is 1.01. The topological polar surface area (TPSA) is 35.5 Å². The molecule has 1 aromatic carbocycles. The number of hydrogen-bond donors (Lipinski definition) is 0. The molecule has 0 aliphatic carbocycles. The van der Waals surface area contributed by atoms with Crippen LogP contribution in [0.4, 0.5) is 0 Å². The minimum Gasteiger partial charge on any atom is -0.465 e. The predicted molar refractivity (Wildman–Crippen MR) is 80.7 cm³/mol. The number of methoxy groups -OCH3 is 1. The van der Waals surface area contributed by atoms with E-state index in [2.05, 4.69) is 0 Å². The van der Waals surface area contributed by atoms with Crippen LogP contribution in [0.2, 0.25) is 0 Å². The number of carbonyl (C=O) groups is 1. The Labute approximate surface area is 122 Å². The van der Waals surface area contributed by atoms with Gasteiger partial charge in [0, 0.05) is 13.7 Å².